The van der Waals surface area contributed by atoms with E-state index in [0.29, 0.717) is 32.7 Å². The van der Waals surface area contributed by atoms with E-state index in [0.717, 1.165) is 18.1 Å². The highest BCUT2D eigenvalue weighted by molar-refractivity contribution is 8.77. The lowest BCUT2D eigenvalue weighted by atomic mass is 10.1. The average Bonchev–Trinajstić information content (AvgIpc) is 2.93. The zero-order valence-corrected chi connectivity index (χ0v) is 13.1. The number of hydrogen-bond donors (Lipinski definition) is 2. The third-order valence-electron chi connectivity index (χ3n) is 2.96. The maximum Gasteiger partial charge on any atom is 0.407 e. The number of nitrogens with two attached hydrogens (primary N) is 1. The molecule has 0 aliphatic carbocycles. The van der Waals surface area contributed by atoms with E-state index in [1.165, 1.54) is 17.1 Å². The molecule has 2 heterocycles. The second kappa shape index (κ2) is 10.2. The SMILES string of the molecule is NC(=O)CCCC1CCSS1.O=C(O)N1CCOCC1. The standard InChI is InChI=1S/C7H13NOS2.C5H9NO3/c8-7(9)3-1-2-6-4-5-10-11-6;7-5(8)6-1-3-9-4-2-6/h6H,1-5H2,(H2,8,9);1-4H2,(H,7,8). The van der Waals surface area contributed by atoms with E-state index in [2.05, 4.69) is 0 Å². The Hall–Kier alpha value is -0.600. The Kier molecular flexibility index (Phi) is 8.88. The number of carbonyl (C=O) groups excluding carboxylic acids is 1. The molecule has 2 aliphatic rings. The van der Waals surface area contributed by atoms with Crippen LogP contribution in [0.25, 0.3) is 0 Å². The lowest BCUT2D eigenvalue weighted by molar-refractivity contribution is -0.118. The van der Waals surface area contributed by atoms with E-state index in [9.17, 15) is 9.59 Å². The molecule has 2 saturated heterocycles. The van der Waals surface area contributed by atoms with Crippen LogP contribution in [0.5, 0.6) is 0 Å². The molecule has 0 bridgehead atoms. The van der Waals surface area contributed by atoms with Crippen LogP contribution >= 0.6 is 21.6 Å². The van der Waals surface area contributed by atoms with Crippen molar-refractivity contribution in [1.82, 2.24) is 4.90 Å². The molecule has 0 aromatic rings. The molecule has 0 aromatic carbocycles. The van der Waals surface area contributed by atoms with E-state index < -0.39 is 6.09 Å². The smallest absolute Gasteiger partial charge is 0.407 e. The summed E-state index contributed by atoms with van der Waals surface area (Å²) in [5.41, 5.74) is 5.03. The second-order valence-electron chi connectivity index (χ2n) is 4.57. The fourth-order valence-electron chi connectivity index (χ4n) is 1.82. The summed E-state index contributed by atoms with van der Waals surface area (Å²) in [4.78, 5) is 22.0. The molecule has 2 fully saturated rings. The minimum Gasteiger partial charge on any atom is -0.465 e. The Labute approximate surface area is 127 Å². The van der Waals surface area contributed by atoms with Crippen molar-refractivity contribution < 1.29 is 19.4 Å². The van der Waals surface area contributed by atoms with Crippen molar-refractivity contribution in [2.75, 3.05) is 32.1 Å². The van der Waals surface area contributed by atoms with Gasteiger partial charge in [-0.1, -0.05) is 21.6 Å². The zero-order chi connectivity index (χ0) is 14.8. The summed E-state index contributed by atoms with van der Waals surface area (Å²) < 4.78 is 4.94. The number of morpholine rings is 1. The molecule has 1 atom stereocenters. The summed E-state index contributed by atoms with van der Waals surface area (Å²) in [7, 11) is 3.90. The van der Waals surface area contributed by atoms with Crippen LogP contribution in [0, 0.1) is 0 Å². The van der Waals surface area contributed by atoms with Gasteiger partial charge in [0, 0.05) is 30.5 Å². The fraction of sp³-hybridized carbons (Fsp3) is 0.833. The fourth-order valence-corrected chi connectivity index (χ4v) is 4.85. The van der Waals surface area contributed by atoms with Gasteiger partial charge in [0.05, 0.1) is 13.2 Å². The van der Waals surface area contributed by atoms with Gasteiger partial charge in [0.25, 0.3) is 0 Å². The first kappa shape index (κ1) is 17.5. The second-order valence-corrected chi connectivity index (χ2v) is 7.36. The normalized spacial score (nSPS) is 22.0. The van der Waals surface area contributed by atoms with Gasteiger partial charge >= 0.3 is 6.09 Å². The summed E-state index contributed by atoms with van der Waals surface area (Å²) >= 11 is 0. The summed E-state index contributed by atoms with van der Waals surface area (Å²) in [5.74, 6) is 1.10. The van der Waals surface area contributed by atoms with Gasteiger partial charge in [-0.3, -0.25) is 4.79 Å². The Bertz CT molecular complexity index is 306. The van der Waals surface area contributed by atoms with Gasteiger partial charge in [-0.2, -0.15) is 0 Å². The third kappa shape index (κ3) is 7.86. The number of nitrogens with zero attached hydrogens (tertiary/aromatic N) is 1. The molecule has 0 spiro atoms. The Morgan fingerprint density at radius 3 is 2.50 bits per heavy atom. The summed E-state index contributed by atoms with van der Waals surface area (Å²) in [6, 6.07) is 0. The van der Waals surface area contributed by atoms with Gasteiger partial charge in [0.15, 0.2) is 0 Å². The van der Waals surface area contributed by atoms with Gasteiger partial charge in [-0.15, -0.1) is 0 Å². The molecule has 0 aromatic heterocycles. The summed E-state index contributed by atoms with van der Waals surface area (Å²) in [5, 5.41) is 9.19. The van der Waals surface area contributed by atoms with Crippen LogP contribution in [0.15, 0.2) is 0 Å². The van der Waals surface area contributed by atoms with E-state index in [-0.39, 0.29) is 5.91 Å². The van der Waals surface area contributed by atoms with Gasteiger partial charge in [0.2, 0.25) is 5.91 Å². The third-order valence-corrected chi connectivity index (χ3v) is 5.96. The first-order valence-electron chi connectivity index (χ1n) is 6.72. The van der Waals surface area contributed by atoms with Gasteiger partial charge in [-0.25, -0.2) is 4.79 Å². The molecule has 6 nitrogen and oxygen atoms in total. The summed E-state index contributed by atoms with van der Waals surface area (Å²) in [6.45, 7) is 2.09. The molecule has 8 heteroatoms. The van der Waals surface area contributed by atoms with Crippen molar-refractivity contribution in [2.45, 2.75) is 30.9 Å². The number of carboxylic acid groups (broad SMARTS) is 1. The van der Waals surface area contributed by atoms with Crippen molar-refractivity contribution in [2.24, 2.45) is 5.73 Å². The Morgan fingerprint density at radius 2 is 2.05 bits per heavy atom. The molecule has 1 unspecified atom stereocenters. The first-order chi connectivity index (χ1) is 9.59. The highest BCUT2D eigenvalue weighted by Crippen LogP contribution is 2.39. The molecular weight excluding hydrogens is 300 g/mol. The van der Waals surface area contributed by atoms with Crippen molar-refractivity contribution in [3.05, 3.63) is 0 Å². The van der Waals surface area contributed by atoms with Crippen molar-refractivity contribution in [1.29, 1.82) is 0 Å². The topological polar surface area (TPSA) is 92.9 Å². The largest absolute Gasteiger partial charge is 0.465 e. The zero-order valence-electron chi connectivity index (χ0n) is 11.5. The predicted molar refractivity (Wildman–Crippen MR) is 81.9 cm³/mol. The number of carbonyl (C=O) groups is 2. The highest BCUT2D eigenvalue weighted by atomic mass is 33.1. The number of rotatable bonds is 4. The van der Waals surface area contributed by atoms with Crippen LogP contribution in [-0.4, -0.2) is 59.3 Å². The number of ether oxygens (including phenoxy) is 1. The Morgan fingerprint density at radius 1 is 1.35 bits per heavy atom. The maximum atomic E-state index is 10.4. The lowest BCUT2D eigenvalue weighted by Crippen LogP contribution is -2.39. The molecule has 116 valence electrons. The lowest BCUT2D eigenvalue weighted by Gasteiger charge is -2.23. The maximum absolute atomic E-state index is 10.4. The van der Waals surface area contributed by atoms with Crippen molar-refractivity contribution in [3.63, 3.8) is 0 Å². The van der Waals surface area contributed by atoms with Crippen LogP contribution < -0.4 is 5.73 Å². The molecule has 0 saturated carbocycles. The van der Waals surface area contributed by atoms with Crippen molar-refractivity contribution >= 4 is 33.6 Å². The first-order valence-corrected chi connectivity index (χ1v) is 9.10. The monoisotopic (exact) mass is 322 g/mol. The van der Waals surface area contributed by atoms with E-state index in [1.54, 1.807) is 0 Å². The van der Waals surface area contributed by atoms with Gasteiger partial charge < -0.3 is 20.5 Å². The molecule has 2 aliphatic heterocycles. The van der Waals surface area contributed by atoms with Gasteiger partial charge in [0.1, 0.15) is 0 Å². The van der Waals surface area contributed by atoms with Crippen LogP contribution in [0.4, 0.5) is 4.79 Å². The molecule has 2 amide bonds. The minimum atomic E-state index is -0.849. The highest BCUT2D eigenvalue weighted by Gasteiger charge is 2.16. The number of amides is 2. The molecular formula is C12H22N2O4S2. The molecule has 2 rings (SSSR count). The number of primary amides is 1. The van der Waals surface area contributed by atoms with E-state index >= 15 is 0 Å². The summed E-state index contributed by atoms with van der Waals surface area (Å²) in [6.07, 6.45) is 3.13. The van der Waals surface area contributed by atoms with Crippen molar-refractivity contribution in [3.8, 4) is 0 Å². The van der Waals surface area contributed by atoms with Crippen LogP contribution in [0.1, 0.15) is 25.7 Å². The molecule has 3 N–H and O–H groups in total. The van der Waals surface area contributed by atoms with E-state index in [1.807, 2.05) is 21.6 Å². The van der Waals surface area contributed by atoms with Crippen LogP contribution in [-0.2, 0) is 9.53 Å². The average molecular weight is 322 g/mol. The van der Waals surface area contributed by atoms with Gasteiger partial charge in [-0.05, 0) is 19.3 Å². The number of hydrogen-bond acceptors (Lipinski definition) is 5. The van der Waals surface area contributed by atoms with Crippen LogP contribution in [0.3, 0.4) is 0 Å². The molecule has 20 heavy (non-hydrogen) atoms. The minimum absolute atomic E-state index is 0.166. The predicted octanol–water partition coefficient (Wildman–Crippen LogP) is 1.79. The Balaban J connectivity index is 0.000000204. The molecule has 0 radical (unpaired) electrons. The quantitative estimate of drug-likeness (QED) is 0.767. The van der Waals surface area contributed by atoms with E-state index in [4.69, 9.17) is 15.6 Å². The van der Waals surface area contributed by atoms with Crippen LogP contribution in [0.2, 0.25) is 0 Å².